The van der Waals surface area contributed by atoms with Crippen LogP contribution in [0.15, 0.2) is 0 Å². The van der Waals surface area contributed by atoms with Crippen molar-refractivity contribution in [1.82, 2.24) is 0 Å². The second-order valence-corrected chi connectivity index (χ2v) is 5.71. The van der Waals surface area contributed by atoms with Gasteiger partial charge in [-0.25, -0.2) is 0 Å². The fraction of sp³-hybridized carbons (Fsp3) is 0.833. The number of hydrogen-bond donors (Lipinski definition) is 0. The van der Waals surface area contributed by atoms with Crippen LogP contribution in [0.25, 0.3) is 0 Å². The van der Waals surface area contributed by atoms with E-state index in [1.807, 2.05) is 0 Å². The largest absolute Gasteiger partial charge is 0.466 e. The molecule has 0 radical (unpaired) electrons. The summed E-state index contributed by atoms with van der Waals surface area (Å²) in [7, 11) is 0. The van der Waals surface area contributed by atoms with Gasteiger partial charge in [0.2, 0.25) is 0 Å². The second kappa shape index (κ2) is 13.0. The van der Waals surface area contributed by atoms with Crippen LogP contribution in [0, 0.1) is 11.8 Å². The van der Waals surface area contributed by atoms with Gasteiger partial charge in [0.15, 0.2) is 0 Å². The van der Waals surface area contributed by atoms with Crippen LogP contribution in [0.4, 0.5) is 0 Å². The Morgan fingerprint density at radius 1 is 0.650 bits per heavy atom. The third kappa shape index (κ3) is 10.9. The molecule has 0 amide bonds. The zero-order valence-electron chi connectivity index (χ0n) is 12.9. The van der Waals surface area contributed by atoms with Crippen LogP contribution in [-0.2, 0) is 9.53 Å². The highest BCUT2D eigenvalue weighted by molar-refractivity contribution is 5.69. The van der Waals surface area contributed by atoms with E-state index in [-0.39, 0.29) is 5.97 Å². The van der Waals surface area contributed by atoms with Crippen LogP contribution < -0.4 is 0 Å². The van der Waals surface area contributed by atoms with Gasteiger partial charge in [0.1, 0.15) is 0 Å². The van der Waals surface area contributed by atoms with Crippen molar-refractivity contribution in [2.45, 2.75) is 89.9 Å². The normalized spacial score (nSPS) is 21.5. The summed E-state index contributed by atoms with van der Waals surface area (Å²) >= 11 is 0. The molecule has 0 atom stereocenters. The molecule has 0 fully saturated rings. The number of ether oxygens (including phenoxy) is 1. The van der Waals surface area contributed by atoms with Gasteiger partial charge in [-0.05, 0) is 25.7 Å². The van der Waals surface area contributed by atoms with Gasteiger partial charge in [-0.2, -0.15) is 0 Å². The Hall–Kier alpha value is -0.970. The highest BCUT2D eigenvalue weighted by Gasteiger charge is 2.02. The Morgan fingerprint density at radius 2 is 1.15 bits per heavy atom. The van der Waals surface area contributed by atoms with Crippen LogP contribution in [0.3, 0.4) is 0 Å². The van der Waals surface area contributed by atoms with Crippen LogP contribution in [0.2, 0.25) is 0 Å². The topological polar surface area (TPSA) is 26.3 Å². The van der Waals surface area contributed by atoms with Crippen molar-refractivity contribution in [3.8, 4) is 11.8 Å². The monoisotopic (exact) mass is 278 g/mol. The van der Waals surface area contributed by atoms with E-state index in [9.17, 15) is 4.79 Å². The number of hydrogen-bond acceptors (Lipinski definition) is 2. The van der Waals surface area contributed by atoms with Crippen molar-refractivity contribution in [3.05, 3.63) is 0 Å². The lowest BCUT2D eigenvalue weighted by atomic mass is 10.1. The van der Waals surface area contributed by atoms with Crippen molar-refractivity contribution in [3.63, 3.8) is 0 Å². The Balaban J connectivity index is 2.17. The average molecular weight is 278 g/mol. The Bertz CT molecular complexity index is 298. The molecule has 0 bridgehead atoms. The SMILES string of the molecule is O=C1CCCCCCCC#CCCCCCCCCO1. The minimum atomic E-state index is -0.00576. The standard InChI is InChI=1S/C18H30O2/c19-18-16-14-12-10-8-6-4-2-1-3-5-7-9-11-13-15-17-20-18/h3-17H2. The Kier molecular flexibility index (Phi) is 11.1. The molecule has 0 aromatic rings. The van der Waals surface area contributed by atoms with E-state index < -0.39 is 0 Å². The predicted molar refractivity (Wildman–Crippen MR) is 83.4 cm³/mol. The molecule has 0 aromatic heterocycles. The fourth-order valence-corrected chi connectivity index (χ4v) is 2.47. The van der Waals surface area contributed by atoms with Gasteiger partial charge in [-0.15, -0.1) is 11.8 Å². The molecule has 1 heterocycles. The minimum absolute atomic E-state index is 0.00576. The highest BCUT2D eigenvalue weighted by Crippen LogP contribution is 2.10. The maximum atomic E-state index is 11.5. The quantitative estimate of drug-likeness (QED) is 0.460. The fourth-order valence-electron chi connectivity index (χ4n) is 2.47. The molecule has 0 aromatic carbocycles. The Morgan fingerprint density at radius 3 is 1.80 bits per heavy atom. The molecular weight excluding hydrogens is 248 g/mol. The molecule has 1 aliphatic heterocycles. The van der Waals surface area contributed by atoms with Crippen molar-refractivity contribution < 1.29 is 9.53 Å². The molecule has 0 aliphatic carbocycles. The number of carbonyl (C=O) groups is 1. The van der Waals surface area contributed by atoms with E-state index in [4.69, 9.17) is 4.74 Å². The maximum Gasteiger partial charge on any atom is 0.305 e. The first-order valence-electron chi connectivity index (χ1n) is 8.51. The number of esters is 1. The highest BCUT2D eigenvalue weighted by atomic mass is 16.5. The van der Waals surface area contributed by atoms with Crippen LogP contribution in [0.5, 0.6) is 0 Å². The lowest BCUT2D eigenvalue weighted by Crippen LogP contribution is -2.05. The van der Waals surface area contributed by atoms with Crippen LogP contribution >= 0.6 is 0 Å². The average Bonchev–Trinajstić information content (AvgIpc) is 2.45. The molecule has 20 heavy (non-hydrogen) atoms. The lowest BCUT2D eigenvalue weighted by Gasteiger charge is -2.05. The minimum Gasteiger partial charge on any atom is -0.466 e. The Labute approximate surface area is 124 Å². The third-order valence-corrected chi connectivity index (χ3v) is 3.77. The van der Waals surface area contributed by atoms with E-state index in [0.29, 0.717) is 13.0 Å². The van der Waals surface area contributed by atoms with Gasteiger partial charge in [0.05, 0.1) is 6.61 Å². The van der Waals surface area contributed by atoms with Crippen molar-refractivity contribution in [1.29, 1.82) is 0 Å². The second-order valence-electron chi connectivity index (χ2n) is 5.71. The number of carbonyl (C=O) groups excluding carboxylic acids is 1. The van der Waals surface area contributed by atoms with Gasteiger partial charge in [-0.3, -0.25) is 4.79 Å². The van der Waals surface area contributed by atoms with Crippen molar-refractivity contribution >= 4 is 5.97 Å². The smallest absolute Gasteiger partial charge is 0.305 e. The van der Waals surface area contributed by atoms with E-state index in [1.54, 1.807) is 0 Å². The number of cyclic esters (lactones) is 1. The van der Waals surface area contributed by atoms with E-state index in [0.717, 1.165) is 32.1 Å². The third-order valence-electron chi connectivity index (χ3n) is 3.77. The molecule has 0 unspecified atom stereocenters. The van der Waals surface area contributed by atoms with E-state index in [2.05, 4.69) is 11.8 Å². The molecule has 0 saturated heterocycles. The molecule has 114 valence electrons. The van der Waals surface area contributed by atoms with E-state index in [1.165, 1.54) is 51.4 Å². The first-order chi connectivity index (χ1) is 9.89. The molecule has 1 rings (SSSR count). The summed E-state index contributed by atoms with van der Waals surface area (Å²) in [5, 5.41) is 0. The van der Waals surface area contributed by atoms with Crippen LogP contribution in [0.1, 0.15) is 89.9 Å². The molecule has 0 spiro atoms. The summed E-state index contributed by atoms with van der Waals surface area (Å²) in [6, 6.07) is 0. The molecule has 2 heteroatoms. The summed E-state index contributed by atoms with van der Waals surface area (Å²) in [5.41, 5.74) is 0. The summed E-state index contributed by atoms with van der Waals surface area (Å²) in [4.78, 5) is 11.5. The molecular formula is C18H30O2. The summed E-state index contributed by atoms with van der Waals surface area (Å²) in [5.74, 6) is 6.57. The summed E-state index contributed by atoms with van der Waals surface area (Å²) in [6.07, 6.45) is 15.8. The van der Waals surface area contributed by atoms with Crippen molar-refractivity contribution in [2.75, 3.05) is 6.61 Å². The van der Waals surface area contributed by atoms with Gasteiger partial charge in [-0.1, -0.05) is 44.9 Å². The zero-order valence-corrected chi connectivity index (χ0v) is 12.9. The molecule has 2 nitrogen and oxygen atoms in total. The lowest BCUT2D eigenvalue weighted by molar-refractivity contribution is -0.143. The van der Waals surface area contributed by atoms with Gasteiger partial charge < -0.3 is 4.74 Å². The first kappa shape index (κ1) is 17.1. The van der Waals surface area contributed by atoms with Gasteiger partial charge >= 0.3 is 5.97 Å². The van der Waals surface area contributed by atoms with E-state index >= 15 is 0 Å². The summed E-state index contributed by atoms with van der Waals surface area (Å²) in [6.45, 7) is 0.615. The molecule has 0 saturated carbocycles. The first-order valence-corrected chi connectivity index (χ1v) is 8.51. The zero-order chi connectivity index (χ0) is 14.3. The molecule has 1 aliphatic rings. The van der Waals surface area contributed by atoms with Crippen molar-refractivity contribution in [2.24, 2.45) is 0 Å². The summed E-state index contributed by atoms with van der Waals surface area (Å²) < 4.78 is 5.25. The van der Waals surface area contributed by atoms with Gasteiger partial charge in [0, 0.05) is 19.3 Å². The van der Waals surface area contributed by atoms with Gasteiger partial charge in [0.25, 0.3) is 0 Å². The van der Waals surface area contributed by atoms with Crippen LogP contribution in [-0.4, -0.2) is 12.6 Å². The maximum absolute atomic E-state index is 11.5. The predicted octanol–water partition coefficient (Wildman–Crippen LogP) is 5.01. The molecule has 0 N–H and O–H groups in total. The number of rotatable bonds is 0.